The first-order valence-corrected chi connectivity index (χ1v) is 9.53. The molecule has 2 rings (SSSR count). The van der Waals surface area contributed by atoms with Gasteiger partial charge in [-0.05, 0) is 49.4 Å². The second-order valence-corrected chi connectivity index (χ2v) is 7.06. The van der Waals surface area contributed by atoms with Crippen LogP contribution in [0, 0.1) is 0 Å². The summed E-state index contributed by atoms with van der Waals surface area (Å²) in [7, 11) is -3.85. The predicted molar refractivity (Wildman–Crippen MR) is 97.6 cm³/mol. The Bertz CT molecular complexity index is 892. The van der Waals surface area contributed by atoms with Gasteiger partial charge in [-0.3, -0.25) is 9.59 Å². The van der Waals surface area contributed by atoms with Crippen molar-refractivity contribution < 1.29 is 22.7 Å². The van der Waals surface area contributed by atoms with Gasteiger partial charge >= 0.3 is 0 Å². The maximum Gasteiger partial charge on any atom is 0.238 e. The SMILES string of the molecule is CCOc1ccc(C(=O)CCC(=O)Nc2cccc(S(N)(=O)=O)c2)cc1. The van der Waals surface area contributed by atoms with Gasteiger partial charge in [0.15, 0.2) is 5.78 Å². The number of amides is 1. The Balaban J connectivity index is 1.91. The molecule has 0 aliphatic carbocycles. The molecule has 0 spiro atoms. The van der Waals surface area contributed by atoms with Crippen LogP contribution in [-0.2, 0) is 14.8 Å². The number of hydrogen-bond acceptors (Lipinski definition) is 5. The van der Waals surface area contributed by atoms with Gasteiger partial charge in [0.1, 0.15) is 5.75 Å². The molecule has 0 saturated heterocycles. The van der Waals surface area contributed by atoms with E-state index in [2.05, 4.69) is 5.32 Å². The van der Waals surface area contributed by atoms with Gasteiger partial charge in [0.05, 0.1) is 11.5 Å². The lowest BCUT2D eigenvalue weighted by molar-refractivity contribution is -0.116. The number of benzene rings is 2. The van der Waals surface area contributed by atoms with Crippen molar-refractivity contribution in [1.82, 2.24) is 0 Å². The largest absolute Gasteiger partial charge is 0.494 e. The first-order valence-electron chi connectivity index (χ1n) is 7.98. The quantitative estimate of drug-likeness (QED) is 0.686. The monoisotopic (exact) mass is 376 g/mol. The van der Waals surface area contributed by atoms with E-state index < -0.39 is 15.9 Å². The summed E-state index contributed by atoms with van der Waals surface area (Å²) in [5.74, 6) is 0.119. The highest BCUT2D eigenvalue weighted by Crippen LogP contribution is 2.16. The Morgan fingerprint density at radius 2 is 1.77 bits per heavy atom. The molecule has 0 fully saturated rings. The average Bonchev–Trinajstić information content (AvgIpc) is 2.60. The smallest absolute Gasteiger partial charge is 0.238 e. The summed E-state index contributed by atoms with van der Waals surface area (Å²) in [6.45, 7) is 2.41. The summed E-state index contributed by atoms with van der Waals surface area (Å²) in [6, 6.07) is 12.3. The molecule has 3 N–H and O–H groups in total. The number of nitrogens with one attached hydrogen (secondary N) is 1. The minimum absolute atomic E-state index is 0.0222. The van der Waals surface area contributed by atoms with Crippen LogP contribution in [0.5, 0.6) is 5.75 Å². The van der Waals surface area contributed by atoms with Gasteiger partial charge in [0.2, 0.25) is 15.9 Å². The summed E-state index contributed by atoms with van der Waals surface area (Å²) >= 11 is 0. The number of hydrogen-bond donors (Lipinski definition) is 2. The van der Waals surface area contributed by atoms with E-state index >= 15 is 0 Å². The molecule has 138 valence electrons. The van der Waals surface area contributed by atoms with E-state index in [0.717, 1.165) is 0 Å². The molecule has 0 heterocycles. The van der Waals surface area contributed by atoms with Crippen molar-refractivity contribution in [3.63, 3.8) is 0 Å². The van der Waals surface area contributed by atoms with Gasteiger partial charge < -0.3 is 10.1 Å². The number of rotatable bonds is 8. The minimum atomic E-state index is -3.85. The molecular weight excluding hydrogens is 356 g/mol. The molecule has 1 amide bonds. The van der Waals surface area contributed by atoms with Gasteiger partial charge in [-0.25, -0.2) is 13.6 Å². The number of sulfonamides is 1. The molecule has 0 unspecified atom stereocenters. The Kier molecular flexibility index (Phi) is 6.48. The minimum Gasteiger partial charge on any atom is -0.494 e. The van der Waals surface area contributed by atoms with E-state index in [1.54, 1.807) is 30.3 Å². The number of primary sulfonamides is 1. The van der Waals surface area contributed by atoms with Crippen molar-refractivity contribution in [3.8, 4) is 5.75 Å². The second-order valence-electron chi connectivity index (χ2n) is 5.50. The molecule has 0 aliphatic rings. The highest BCUT2D eigenvalue weighted by Gasteiger charge is 2.12. The molecular formula is C18H20N2O5S. The summed E-state index contributed by atoms with van der Waals surface area (Å²) < 4.78 is 28.0. The van der Waals surface area contributed by atoms with Crippen LogP contribution < -0.4 is 15.2 Å². The molecule has 2 aromatic carbocycles. The van der Waals surface area contributed by atoms with E-state index in [-0.39, 0.29) is 23.5 Å². The molecule has 0 radical (unpaired) electrons. The van der Waals surface area contributed by atoms with E-state index in [1.165, 1.54) is 18.2 Å². The predicted octanol–water partition coefficient (Wildman–Crippen LogP) is 2.33. The Hall–Kier alpha value is -2.71. The number of ketones is 1. The van der Waals surface area contributed by atoms with Crippen LogP contribution in [0.3, 0.4) is 0 Å². The van der Waals surface area contributed by atoms with E-state index in [4.69, 9.17) is 9.88 Å². The van der Waals surface area contributed by atoms with Crippen LogP contribution in [0.15, 0.2) is 53.4 Å². The average molecular weight is 376 g/mol. The van der Waals surface area contributed by atoms with Crippen LogP contribution in [0.2, 0.25) is 0 Å². The number of nitrogens with two attached hydrogens (primary N) is 1. The Morgan fingerprint density at radius 3 is 2.38 bits per heavy atom. The normalized spacial score (nSPS) is 11.0. The number of anilines is 1. The lowest BCUT2D eigenvalue weighted by Crippen LogP contribution is -2.15. The van der Waals surface area contributed by atoms with Gasteiger partial charge in [-0.1, -0.05) is 6.07 Å². The summed E-state index contributed by atoms with van der Waals surface area (Å²) in [6.07, 6.45) is 0.0142. The van der Waals surface area contributed by atoms with Crippen molar-refractivity contribution in [2.24, 2.45) is 5.14 Å². The molecule has 0 saturated carbocycles. The fourth-order valence-corrected chi connectivity index (χ4v) is 2.81. The van der Waals surface area contributed by atoms with Crippen molar-refractivity contribution >= 4 is 27.4 Å². The van der Waals surface area contributed by atoms with Gasteiger partial charge in [-0.15, -0.1) is 0 Å². The molecule has 8 heteroatoms. The van der Waals surface area contributed by atoms with Gasteiger partial charge in [0.25, 0.3) is 0 Å². The number of Topliss-reactive ketones (excluding diaryl/α,β-unsaturated/α-hetero) is 1. The second kappa shape index (κ2) is 8.59. The standard InChI is InChI=1S/C18H20N2O5S/c1-2-25-15-8-6-13(7-9-15)17(21)10-11-18(22)20-14-4-3-5-16(12-14)26(19,23)24/h3-9,12H,2,10-11H2,1H3,(H,20,22)(H2,19,23,24). The van der Waals surface area contributed by atoms with Crippen LogP contribution in [-0.4, -0.2) is 26.7 Å². The third-order valence-electron chi connectivity index (χ3n) is 3.51. The molecule has 0 atom stereocenters. The fourth-order valence-electron chi connectivity index (χ4n) is 2.25. The first kappa shape index (κ1) is 19.6. The highest BCUT2D eigenvalue weighted by molar-refractivity contribution is 7.89. The third kappa shape index (κ3) is 5.68. The van der Waals surface area contributed by atoms with Crippen LogP contribution >= 0.6 is 0 Å². The van der Waals surface area contributed by atoms with Gasteiger partial charge in [0, 0.05) is 24.1 Å². The third-order valence-corrected chi connectivity index (χ3v) is 4.42. The zero-order valence-corrected chi connectivity index (χ0v) is 15.1. The van der Waals surface area contributed by atoms with Crippen LogP contribution in [0.4, 0.5) is 5.69 Å². The summed E-state index contributed by atoms with van der Waals surface area (Å²) in [4.78, 5) is 24.0. The van der Waals surface area contributed by atoms with Crippen molar-refractivity contribution in [3.05, 3.63) is 54.1 Å². The van der Waals surface area contributed by atoms with Crippen LogP contribution in [0.25, 0.3) is 0 Å². The van der Waals surface area contributed by atoms with E-state index in [0.29, 0.717) is 23.6 Å². The topological polar surface area (TPSA) is 116 Å². The fraction of sp³-hybridized carbons (Fsp3) is 0.222. The summed E-state index contributed by atoms with van der Waals surface area (Å²) in [5.41, 5.74) is 0.799. The van der Waals surface area contributed by atoms with Gasteiger partial charge in [-0.2, -0.15) is 0 Å². The Morgan fingerprint density at radius 1 is 1.08 bits per heavy atom. The molecule has 0 aliphatic heterocycles. The van der Waals surface area contributed by atoms with E-state index in [9.17, 15) is 18.0 Å². The lowest BCUT2D eigenvalue weighted by atomic mass is 10.1. The number of carbonyl (C=O) groups excluding carboxylic acids is 2. The zero-order chi connectivity index (χ0) is 19.2. The van der Waals surface area contributed by atoms with Crippen molar-refractivity contribution in [1.29, 1.82) is 0 Å². The van der Waals surface area contributed by atoms with Crippen molar-refractivity contribution in [2.45, 2.75) is 24.7 Å². The maximum atomic E-state index is 12.1. The number of ether oxygens (including phenoxy) is 1. The van der Waals surface area contributed by atoms with E-state index in [1.807, 2.05) is 6.92 Å². The zero-order valence-electron chi connectivity index (χ0n) is 14.3. The molecule has 7 nitrogen and oxygen atoms in total. The number of carbonyl (C=O) groups is 2. The van der Waals surface area contributed by atoms with Crippen LogP contribution in [0.1, 0.15) is 30.1 Å². The molecule has 0 bridgehead atoms. The summed E-state index contributed by atoms with van der Waals surface area (Å²) in [5, 5.41) is 7.61. The lowest BCUT2D eigenvalue weighted by Gasteiger charge is -2.07. The molecule has 26 heavy (non-hydrogen) atoms. The highest BCUT2D eigenvalue weighted by atomic mass is 32.2. The molecule has 2 aromatic rings. The molecule has 0 aromatic heterocycles. The Labute approximate surface area is 152 Å². The maximum absolute atomic E-state index is 12.1. The van der Waals surface area contributed by atoms with Crippen molar-refractivity contribution in [2.75, 3.05) is 11.9 Å². The first-order chi connectivity index (χ1) is 12.3.